The first kappa shape index (κ1) is 22.6. The van der Waals surface area contributed by atoms with Gasteiger partial charge in [-0.25, -0.2) is 13.2 Å². The number of methoxy groups -OCH3 is 3. The summed E-state index contributed by atoms with van der Waals surface area (Å²) in [6.07, 6.45) is 2.26. The SMILES string of the molecule is COC(=O)c1cc(S(=O)(=O)N2CCCC2C(=O)Nc2ccc(OC)c(OC)c2)cn1C. The van der Waals surface area contributed by atoms with Crippen LogP contribution in [-0.4, -0.2) is 63.1 Å². The van der Waals surface area contributed by atoms with Gasteiger partial charge in [0.25, 0.3) is 0 Å². The second-order valence-electron chi connectivity index (χ2n) is 7.00. The quantitative estimate of drug-likeness (QED) is 0.636. The monoisotopic (exact) mass is 451 g/mol. The third-order valence-corrected chi connectivity index (χ3v) is 7.01. The van der Waals surface area contributed by atoms with Gasteiger partial charge in [-0.1, -0.05) is 0 Å². The number of anilines is 1. The highest BCUT2D eigenvalue weighted by Gasteiger charge is 2.40. The third-order valence-electron chi connectivity index (χ3n) is 5.14. The van der Waals surface area contributed by atoms with Gasteiger partial charge in [0.05, 0.1) is 21.3 Å². The summed E-state index contributed by atoms with van der Waals surface area (Å²) in [5, 5.41) is 2.75. The van der Waals surface area contributed by atoms with Crippen LogP contribution < -0.4 is 14.8 Å². The largest absolute Gasteiger partial charge is 0.493 e. The molecule has 11 heteroatoms. The molecule has 3 rings (SSSR count). The predicted octanol–water partition coefficient (Wildman–Crippen LogP) is 1.62. The average molecular weight is 452 g/mol. The van der Waals surface area contributed by atoms with Crippen LogP contribution in [0.15, 0.2) is 35.4 Å². The number of esters is 1. The standard InChI is InChI=1S/C20H25N3O7S/c1-22-12-14(11-16(22)20(25)30-4)31(26,27)23-9-5-6-15(23)19(24)21-13-7-8-17(28-2)18(10-13)29-3/h7-8,10-12,15H,5-6,9H2,1-4H3,(H,21,24). The van der Waals surface area contributed by atoms with Gasteiger partial charge in [-0.15, -0.1) is 0 Å². The normalized spacial score (nSPS) is 16.7. The van der Waals surface area contributed by atoms with Gasteiger partial charge >= 0.3 is 5.97 Å². The second kappa shape index (κ2) is 8.98. The van der Waals surface area contributed by atoms with Crippen molar-refractivity contribution in [1.82, 2.24) is 8.87 Å². The lowest BCUT2D eigenvalue weighted by Gasteiger charge is -2.23. The Morgan fingerprint density at radius 3 is 2.45 bits per heavy atom. The van der Waals surface area contributed by atoms with Gasteiger partial charge in [0.15, 0.2) is 11.5 Å². The van der Waals surface area contributed by atoms with Crippen LogP contribution >= 0.6 is 0 Å². The summed E-state index contributed by atoms with van der Waals surface area (Å²) < 4.78 is 44.1. The molecule has 1 aliphatic heterocycles. The fourth-order valence-corrected chi connectivity index (χ4v) is 5.28. The number of rotatable bonds is 7. The molecule has 1 saturated heterocycles. The maximum atomic E-state index is 13.2. The summed E-state index contributed by atoms with van der Waals surface area (Å²) in [6.45, 7) is 0.203. The van der Waals surface area contributed by atoms with Crippen LogP contribution in [0.4, 0.5) is 5.69 Å². The maximum Gasteiger partial charge on any atom is 0.354 e. The fraction of sp³-hybridized carbons (Fsp3) is 0.400. The predicted molar refractivity (Wildman–Crippen MR) is 112 cm³/mol. The van der Waals surface area contributed by atoms with Crippen molar-refractivity contribution in [1.29, 1.82) is 0 Å². The Morgan fingerprint density at radius 1 is 1.10 bits per heavy atom. The van der Waals surface area contributed by atoms with Crippen molar-refractivity contribution < 1.29 is 32.2 Å². The number of aromatic nitrogens is 1. The zero-order chi connectivity index (χ0) is 22.8. The smallest absolute Gasteiger partial charge is 0.354 e. The number of benzene rings is 1. The van der Waals surface area contributed by atoms with E-state index in [2.05, 4.69) is 10.1 Å². The first-order valence-corrected chi connectivity index (χ1v) is 11.0. The fourth-order valence-electron chi connectivity index (χ4n) is 3.55. The van der Waals surface area contributed by atoms with Crippen LogP contribution in [0.5, 0.6) is 11.5 Å². The Balaban J connectivity index is 1.83. The Hall–Kier alpha value is -3.05. The molecule has 168 valence electrons. The van der Waals surface area contributed by atoms with Crippen molar-refractivity contribution in [2.75, 3.05) is 33.2 Å². The van der Waals surface area contributed by atoms with E-state index in [1.165, 1.54) is 42.5 Å². The lowest BCUT2D eigenvalue weighted by atomic mass is 10.2. The van der Waals surface area contributed by atoms with E-state index < -0.39 is 27.9 Å². The van der Waals surface area contributed by atoms with E-state index in [9.17, 15) is 18.0 Å². The molecule has 1 aromatic carbocycles. The average Bonchev–Trinajstić information content (AvgIpc) is 3.41. The molecule has 1 amide bonds. The first-order chi connectivity index (χ1) is 14.7. The number of nitrogens with zero attached hydrogens (tertiary/aromatic N) is 2. The number of carbonyl (C=O) groups is 2. The molecular formula is C20H25N3O7S. The lowest BCUT2D eigenvalue weighted by molar-refractivity contribution is -0.119. The van der Waals surface area contributed by atoms with Crippen LogP contribution in [-0.2, 0) is 26.6 Å². The summed E-state index contributed by atoms with van der Waals surface area (Å²) in [7, 11) is 1.77. The highest BCUT2D eigenvalue weighted by atomic mass is 32.2. The van der Waals surface area contributed by atoms with Gasteiger partial charge in [0, 0.05) is 31.5 Å². The molecule has 1 atom stereocenters. The Kier molecular flexibility index (Phi) is 6.56. The topological polar surface area (TPSA) is 116 Å². The van der Waals surface area contributed by atoms with Crippen LogP contribution in [0.2, 0.25) is 0 Å². The van der Waals surface area contributed by atoms with E-state index >= 15 is 0 Å². The number of ether oxygens (including phenoxy) is 3. The molecule has 1 aromatic heterocycles. The minimum absolute atomic E-state index is 0.0683. The molecule has 10 nitrogen and oxygen atoms in total. The number of nitrogens with one attached hydrogen (secondary N) is 1. The lowest BCUT2D eigenvalue weighted by Crippen LogP contribution is -2.43. The maximum absolute atomic E-state index is 13.2. The van der Waals surface area contributed by atoms with Crippen LogP contribution in [0, 0.1) is 0 Å². The van der Waals surface area contributed by atoms with Crippen LogP contribution in [0.1, 0.15) is 23.3 Å². The van der Waals surface area contributed by atoms with Gasteiger partial charge in [0.2, 0.25) is 15.9 Å². The van der Waals surface area contributed by atoms with Crippen LogP contribution in [0.3, 0.4) is 0 Å². The highest BCUT2D eigenvalue weighted by Crippen LogP contribution is 2.31. The van der Waals surface area contributed by atoms with Gasteiger partial charge in [0.1, 0.15) is 16.6 Å². The molecule has 0 saturated carbocycles. The minimum atomic E-state index is -3.99. The van der Waals surface area contributed by atoms with E-state index in [1.54, 1.807) is 25.2 Å². The van der Waals surface area contributed by atoms with Crippen molar-refractivity contribution in [3.63, 3.8) is 0 Å². The van der Waals surface area contributed by atoms with Gasteiger partial charge < -0.3 is 24.1 Å². The number of amides is 1. The minimum Gasteiger partial charge on any atom is -0.493 e. The summed E-state index contributed by atoms with van der Waals surface area (Å²) in [4.78, 5) is 24.7. The highest BCUT2D eigenvalue weighted by molar-refractivity contribution is 7.89. The Bertz CT molecular complexity index is 1090. The van der Waals surface area contributed by atoms with E-state index in [0.717, 1.165) is 0 Å². The molecule has 2 aromatic rings. The van der Waals surface area contributed by atoms with Gasteiger partial charge in [-0.2, -0.15) is 4.31 Å². The van der Waals surface area contributed by atoms with Crippen molar-refractivity contribution in [3.05, 3.63) is 36.2 Å². The molecule has 1 fully saturated rings. The summed E-state index contributed by atoms with van der Waals surface area (Å²) in [5.41, 5.74) is 0.561. The van der Waals surface area contributed by atoms with E-state index in [0.29, 0.717) is 30.0 Å². The molecule has 0 radical (unpaired) electrons. The number of carbonyl (C=O) groups excluding carboxylic acids is 2. The number of sulfonamides is 1. The molecular weight excluding hydrogens is 426 g/mol. The molecule has 1 N–H and O–H groups in total. The Labute approximate surface area is 180 Å². The molecule has 1 aliphatic rings. The zero-order valence-electron chi connectivity index (χ0n) is 17.7. The summed E-state index contributed by atoms with van der Waals surface area (Å²) in [5.74, 6) is -0.141. The molecule has 31 heavy (non-hydrogen) atoms. The van der Waals surface area contributed by atoms with Crippen molar-refractivity contribution in [2.45, 2.75) is 23.8 Å². The molecule has 1 unspecified atom stereocenters. The number of hydrogen-bond acceptors (Lipinski definition) is 7. The van der Waals surface area contributed by atoms with Crippen LogP contribution in [0.25, 0.3) is 0 Å². The molecule has 0 bridgehead atoms. The molecule has 0 spiro atoms. The second-order valence-corrected chi connectivity index (χ2v) is 8.89. The van der Waals surface area contributed by atoms with Crippen molar-refractivity contribution in [3.8, 4) is 11.5 Å². The third kappa shape index (κ3) is 4.37. The van der Waals surface area contributed by atoms with E-state index in [1.807, 2.05) is 0 Å². The number of hydrogen-bond donors (Lipinski definition) is 1. The van der Waals surface area contributed by atoms with Gasteiger partial charge in [-0.3, -0.25) is 4.79 Å². The zero-order valence-corrected chi connectivity index (χ0v) is 18.6. The molecule has 2 heterocycles. The summed E-state index contributed by atoms with van der Waals surface area (Å²) >= 11 is 0. The van der Waals surface area contributed by atoms with E-state index in [4.69, 9.17) is 9.47 Å². The van der Waals surface area contributed by atoms with Crippen molar-refractivity contribution in [2.24, 2.45) is 7.05 Å². The number of aryl methyl sites for hydroxylation is 1. The first-order valence-electron chi connectivity index (χ1n) is 9.52. The Morgan fingerprint density at radius 2 is 1.81 bits per heavy atom. The van der Waals surface area contributed by atoms with Crippen molar-refractivity contribution >= 4 is 27.6 Å². The van der Waals surface area contributed by atoms with E-state index in [-0.39, 0.29) is 17.1 Å². The summed E-state index contributed by atoms with van der Waals surface area (Å²) in [6, 6.07) is 5.27. The van der Waals surface area contributed by atoms with Gasteiger partial charge in [-0.05, 0) is 31.0 Å². The molecule has 0 aliphatic carbocycles.